The highest BCUT2D eigenvalue weighted by molar-refractivity contribution is 6.01. The molecule has 5 amide bonds. The van der Waals surface area contributed by atoms with E-state index in [-0.39, 0.29) is 37.3 Å². The molecule has 2 rings (SSSR count). The summed E-state index contributed by atoms with van der Waals surface area (Å²) < 4.78 is 16.3. The zero-order valence-electron chi connectivity index (χ0n) is 36.2. The molecule has 318 valence electrons. The molecule has 15 heteroatoms. The fourth-order valence-corrected chi connectivity index (χ4v) is 6.02. The summed E-state index contributed by atoms with van der Waals surface area (Å²) in [4.78, 5) is 86.2. The Labute approximate surface area is 338 Å². The Morgan fingerprint density at radius 1 is 0.807 bits per heavy atom. The minimum Gasteiger partial charge on any atom is -0.458 e. The number of carbonyl (C=O) groups excluding carboxylic acids is 6. The number of benzene rings is 1. The maximum Gasteiger partial charge on any atom is 0.414 e. The number of nitrogens with zero attached hydrogens (tertiary/aromatic N) is 2. The minimum absolute atomic E-state index is 0.0619. The molecule has 4 N–H and O–H groups in total. The van der Waals surface area contributed by atoms with Gasteiger partial charge in [0.05, 0.1) is 0 Å². The molecule has 1 saturated heterocycles. The summed E-state index contributed by atoms with van der Waals surface area (Å²) in [6.45, 7) is 23.3. The van der Waals surface area contributed by atoms with Gasteiger partial charge in [-0.25, -0.2) is 14.4 Å². The van der Waals surface area contributed by atoms with E-state index in [2.05, 4.69) is 26.3 Å². The number of rotatable bonds is 13. The van der Waals surface area contributed by atoms with Crippen molar-refractivity contribution in [2.45, 2.75) is 151 Å². The lowest BCUT2D eigenvalue weighted by Gasteiger charge is -2.31. The summed E-state index contributed by atoms with van der Waals surface area (Å²) in [5.41, 5.74) is -1.15. The van der Waals surface area contributed by atoms with Gasteiger partial charge in [-0.15, -0.1) is 0 Å². The van der Waals surface area contributed by atoms with Crippen LogP contribution in [0.15, 0.2) is 47.0 Å². The molecule has 0 spiro atoms. The van der Waals surface area contributed by atoms with Gasteiger partial charge in [-0.05, 0) is 119 Å². The quantitative estimate of drug-likeness (QED) is 0.0461. The van der Waals surface area contributed by atoms with Gasteiger partial charge >= 0.3 is 18.2 Å². The zero-order valence-corrected chi connectivity index (χ0v) is 36.2. The van der Waals surface area contributed by atoms with E-state index in [0.717, 1.165) is 5.57 Å². The highest BCUT2D eigenvalue weighted by atomic mass is 16.6. The van der Waals surface area contributed by atoms with Gasteiger partial charge in [-0.1, -0.05) is 45.0 Å². The molecule has 0 unspecified atom stereocenters. The van der Waals surface area contributed by atoms with E-state index in [0.29, 0.717) is 24.8 Å². The van der Waals surface area contributed by atoms with Gasteiger partial charge in [-0.2, -0.15) is 0 Å². The molecule has 0 aromatic heterocycles. The van der Waals surface area contributed by atoms with Crippen LogP contribution in [0.25, 0.3) is 0 Å². The first-order valence-electron chi connectivity index (χ1n) is 19.7. The van der Waals surface area contributed by atoms with Crippen LogP contribution in [0.5, 0.6) is 0 Å². The molecule has 1 aliphatic rings. The van der Waals surface area contributed by atoms with Crippen molar-refractivity contribution in [1.29, 1.82) is 0 Å². The lowest BCUT2D eigenvalue weighted by Crippen LogP contribution is -2.57. The van der Waals surface area contributed by atoms with Crippen LogP contribution in [0.2, 0.25) is 0 Å². The van der Waals surface area contributed by atoms with Crippen LogP contribution in [0.3, 0.4) is 0 Å². The summed E-state index contributed by atoms with van der Waals surface area (Å²) in [5, 5.41) is 10.7. The van der Waals surface area contributed by atoms with Crippen LogP contribution >= 0.6 is 0 Å². The van der Waals surface area contributed by atoms with Crippen LogP contribution in [-0.4, -0.2) is 94.8 Å². The Balaban J connectivity index is 2.36. The lowest BCUT2D eigenvalue weighted by molar-refractivity contribution is -0.159. The van der Waals surface area contributed by atoms with Crippen molar-refractivity contribution < 1.29 is 43.0 Å². The summed E-state index contributed by atoms with van der Waals surface area (Å²) in [6.07, 6.45) is 1.51. The topological polar surface area (TPSA) is 194 Å². The predicted molar refractivity (Wildman–Crippen MR) is 218 cm³/mol. The molecule has 57 heavy (non-hydrogen) atoms. The third-order valence-electron chi connectivity index (χ3n) is 8.43. The van der Waals surface area contributed by atoms with Crippen LogP contribution in [0.1, 0.15) is 126 Å². The first kappa shape index (κ1) is 48.2. The Morgan fingerprint density at radius 3 is 1.84 bits per heavy atom. The normalized spacial score (nSPS) is 17.6. The number of carbonyl (C=O) groups is 6. The smallest absolute Gasteiger partial charge is 0.414 e. The van der Waals surface area contributed by atoms with Crippen molar-refractivity contribution >= 4 is 41.8 Å². The molecule has 0 aliphatic carbocycles. The second kappa shape index (κ2) is 21.0. The van der Waals surface area contributed by atoms with Gasteiger partial charge in [0, 0.05) is 24.6 Å². The number of alkyl carbamates (subject to hydrolysis) is 2. The Hall–Kier alpha value is -4.95. The predicted octanol–water partition coefficient (Wildman–Crippen LogP) is 6.03. The number of ether oxygens (including phenoxy) is 3. The van der Waals surface area contributed by atoms with Gasteiger partial charge in [0.25, 0.3) is 5.91 Å². The standard InChI is InChI=1S/C42H66N6O9/c1-14-28-25-48(32(27(28)4)34(50)45-31(24-26(2)3)36(52)55-40(5,6)7)35(51)30(44-33(49)29-20-16-15-17-21-29)22-18-19-23-43-37(46-38(53)56-41(8,9)10)47-39(54)57-42(11,12)13/h14-17,20-21,26-27,30-32H,18-19,22-25H2,1-13H3,(H,44,49)(H,45,50)(H2,43,46,47,53,54)/b28-14+/t27-,30+,31+,32-/m1/s1. The number of esters is 1. The molecule has 15 nitrogen and oxygen atoms in total. The average molecular weight is 799 g/mol. The molecule has 1 heterocycles. The van der Waals surface area contributed by atoms with Gasteiger partial charge < -0.3 is 29.7 Å². The Morgan fingerprint density at radius 2 is 1.35 bits per heavy atom. The highest BCUT2D eigenvalue weighted by Gasteiger charge is 2.45. The molecule has 4 atom stereocenters. The largest absolute Gasteiger partial charge is 0.458 e. The molecule has 0 saturated carbocycles. The number of nitrogens with one attached hydrogen (secondary N) is 4. The molecular formula is C42H66N6O9. The number of amides is 5. The minimum atomic E-state index is -1.03. The number of allylic oxidation sites excluding steroid dienone is 1. The van der Waals surface area contributed by atoms with Gasteiger partial charge in [0.15, 0.2) is 0 Å². The first-order valence-corrected chi connectivity index (χ1v) is 19.7. The Bertz CT molecular complexity index is 1590. The van der Waals surface area contributed by atoms with Crippen molar-refractivity contribution in [3.63, 3.8) is 0 Å². The van der Waals surface area contributed by atoms with Gasteiger partial charge in [-0.3, -0.25) is 30.0 Å². The maximum atomic E-state index is 14.5. The second-order valence-electron chi connectivity index (χ2n) is 17.7. The Kier molecular flexibility index (Phi) is 17.8. The molecular weight excluding hydrogens is 732 g/mol. The number of unbranched alkanes of at least 4 members (excludes halogenated alkanes) is 1. The summed E-state index contributed by atoms with van der Waals surface area (Å²) in [5.74, 6) is -2.45. The van der Waals surface area contributed by atoms with E-state index >= 15 is 0 Å². The van der Waals surface area contributed by atoms with Crippen molar-refractivity contribution in [3.05, 3.63) is 47.5 Å². The molecule has 1 aromatic rings. The average Bonchev–Trinajstić information content (AvgIpc) is 3.40. The number of hydrogen-bond acceptors (Lipinski definition) is 10. The zero-order chi connectivity index (χ0) is 43.3. The van der Waals surface area contributed by atoms with Crippen molar-refractivity contribution in [1.82, 2.24) is 26.2 Å². The molecule has 1 aliphatic heterocycles. The monoisotopic (exact) mass is 798 g/mol. The van der Waals surface area contributed by atoms with E-state index in [4.69, 9.17) is 14.2 Å². The lowest BCUT2D eigenvalue weighted by atomic mass is 9.96. The summed E-state index contributed by atoms with van der Waals surface area (Å²) in [7, 11) is 0. The van der Waals surface area contributed by atoms with Crippen LogP contribution < -0.4 is 21.3 Å². The SMILES string of the molecule is C/C=C1\CN(C(=O)[C@H](CCCCN=C(NC(=O)OC(C)(C)C)NC(=O)OC(C)(C)C)NC(=O)c2ccccc2)[C@@H](C(=O)N[C@@H](CC(C)C)C(=O)OC(C)(C)C)[C@@H]1C. The van der Waals surface area contributed by atoms with E-state index in [1.165, 1.54) is 4.90 Å². The van der Waals surface area contributed by atoms with E-state index in [9.17, 15) is 28.8 Å². The van der Waals surface area contributed by atoms with E-state index in [1.54, 1.807) is 92.6 Å². The number of guanidine groups is 1. The molecule has 0 radical (unpaired) electrons. The molecule has 1 aromatic carbocycles. The van der Waals surface area contributed by atoms with Crippen LogP contribution in [0, 0.1) is 11.8 Å². The van der Waals surface area contributed by atoms with Gasteiger partial charge in [0.2, 0.25) is 17.8 Å². The van der Waals surface area contributed by atoms with Crippen molar-refractivity contribution in [2.24, 2.45) is 16.8 Å². The van der Waals surface area contributed by atoms with E-state index in [1.807, 2.05) is 33.8 Å². The highest BCUT2D eigenvalue weighted by Crippen LogP contribution is 2.31. The summed E-state index contributed by atoms with van der Waals surface area (Å²) in [6, 6.07) is 5.58. The van der Waals surface area contributed by atoms with E-state index < -0.39 is 70.8 Å². The fraction of sp³-hybridized carbons (Fsp3) is 0.643. The third-order valence-corrected chi connectivity index (χ3v) is 8.43. The second-order valence-corrected chi connectivity index (χ2v) is 17.7. The van der Waals surface area contributed by atoms with Crippen LogP contribution in [0.4, 0.5) is 9.59 Å². The third kappa shape index (κ3) is 17.4. The fourth-order valence-electron chi connectivity index (χ4n) is 6.02. The van der Waals surface area contributed by atoms with Crippen molar-refractivity contribution in [2.75, 3.05) is 13.1 Å². The maximum absolute atomic E-state index is 14.5. The number of hydrogen-bond donors (Lipinski definition) is 4. The van der Waals surface area contributed by atoms with Crippen LogP contribution in [-0.2, 0) is 28.6 Å². The van der Waals surface area contributed by atoms with Crippen molar-refractivity contribution in [3.8, 4) is 0 Å². The number of aliphatic imine (C=N–C) groups is 1. The number of likely N-dealkylation sites (tertiary alicyclic amines) is 1. The van der Waals surface area contributed by atoms with Gasteiger partial charge in [0.1, 0.15) is 34.9 Å². The summed E-state index contributed by atoms with van der Waals surface area (Å²) >= 11 is 0. The first-order chi connectivity index (χ1) is 26.3. The molecule has 1 fully saturated rings. The molecule has 0 bridgehead atoms.